The monoisotopic (exact) mass is 359 g/mol. The number of isothiocyanates is 1. The molecular weight excluding hydrogens is 341 g/mol. The molecule has 1 nitrogen and oxygen atoms in total. The molecule has 0 unspecified atom stereocenters. The zero-order valence-corrected chi connectivity index (χ0v) is 15.5. The van der Waals surface area contributed by atoms with Crippen LogP contribution in [0.25, 0.3) is 22.8 Å². The summed E-state index contributed by atoms with van der Waals surface area (Å²) in [6, 6.07) is 21.1. The van der Waals surface area contributed by atoms with E-state index in [2.05, 4.69) is 35.4 Å². The van der Waals surface area contributed by atoms with E-state index in [0.29, 0.717) is 5.56 Å². The van der Waals surface area contributed by atoms with Gasteiger partial charge in [-0.1, -0.05) is 54.6 Å². The fourth-order valence-electron chi connectivity index (χ4n) is 2.80. The van der Waals surface area contributed by atoms with E-state index < -0.39 is 0 Å². The van der Waals surface area contributed by atoms with Crippen molar-refractivity contribution in [3.8, 4) is 11.1 Å². The van der Waals surface area contributed by atoms with Crippen LogP contribution in [0.2, 0.25) is 0 Å². The standard InChI is InChI=1S/C23H18FNS/c1-16-3-12-22(23(24)13-16)20-8-6-19(7-9-20)17(2)14-18-4-10-21(11-5-18)25-15-26/h3-14H,1-2H3. The Kier molecular flexibility index (Phi) is 5.52. The summed E-state index contributed by atoms with van der Waals surface area (Å²) in [6.45, 7) is 3.95. The fourth-order valence-corrected chi connectivity index (χ4v) is 2.90. The molecule has 3 rings (SSSR count). The van der Waals surface area contributed by atoms with Gasteiger partial charge in [-0.25, -0.2) is 4.39 Å². The third kappa shape index (κ3) is 4.20. The molecule has 3 heteroatoms. The Morgan fingerprint density at radius 3 is 2.31 bits per heavy atom. The van der Waals surface area contributed by atoms with Crippen LogP contribution in [0.4, 0.5) is 10.1 Å². The second-order valence-electron chi connectivity index (χ2n) is 6.18. The number of aryl methyl sites for hydroxylation is 1. The van der Waals surface area contributed by atoms with Gasteiger partial charge in [0.1, 0.15) is 5.82 Å². The van der Waals surface area contributed by atoms with Crippen molar-refractivity contribution < 1.29 is 4.39 Å². The van der Waals surface area contributed by atoms with Crippen molar-refractivity contribution in [2.75, 3.05) is 0 Å². The van der Waals surface area contributed by atoms with Gasteiger partial charge in [0.15, 0.2) is 0 Å². The highest BCUT2D eigenvalue weighted by molar-refractivity contribution is 7.78. The molecule has 0 aromatic heterocycles. The number of hydrogen-bond acceptors (Lipinski definition) is 2. The van der Waals surface area contributed by atoms with Gasteiger partial charge >= 0.3 is 0 Å². The van der Waals surface area contributed by atoms with Crippen LogP contribution in [0.5, 0.6) is 0 Å². The summed E-state index contributed by atoms with van der Waals surface area (Å²) in [7, 11) is 0. The van der Waals surface area contributed by atoms with Crippen molar-refractivity contribution in [1.82, 2.24) is 0 Å². The lowest BCUT2D eigenvalue weighted by molar-refractivity contribution is 0.630. The number of halogens is 1. The van der Waals surface area contributed by atoms with Gasteiger partial charge in [0.25, 0.3) is 0 Å². The topological polar surface area (TPSA) is 12.4 Å². The first-order valence-corrected chi connectivity index (χ1v) is 8.71. The average Bonchev–Trinajstić information content (AvgIpc) is 2.64. The van der Waals surface area contributed by atoms with Crippen LogP contribution in [0.3, 0.4) is 0 Å². The number of benzene rings is 3. The van der Waals surface area contributed by atoms with Crippen molar-refractivity contribution in [3.05, 3.63) is 89.2 Å². The third-order valence-corrected chi connectivity index (χ3v) is 4.32. The molecule has 0 radical (unpaired) electrons. The second kappa shape index (κ2) is 8.01. The molecule has 0 aliphatic heterocycles. The summed E-state index contributed by atoms with van der Waals surface area (Å²) in [5, 5.41) is 2.36. The average molecular weight is 359 g/mol. The Hall–Kier alpha value is -2.87. The lowest BCUT2D eigenvalue weighted by Gasteiger charge is -2.07. The minimum atomic E-state index is -0.191. The molecule has 0 bridgehead atoms. The van der Waals surface area contributed by atoms with Gasteiger partial charge in [-0.05, 0) is 72.1 Å². The summed E-state index contributed by atoms with van der Waals surface area (Å²) < 4.78 is 14.1. The quantitative estimate of drug-likeness (QED) is 0.275. The van der Waals surface area contributed by atoms with E-state index in [9.17, 15) is 4.39 Å². The Bertz CT molecular complexity index is 995. The molecular formula is C23H18FNS. The molecule has 0 aliphatic carbocycles. The minimum absolute atomic E-state index is 0.191. The zero-order valence-electron chi connectivity index (χ0n) is 14.7. The number of hydrogen-bond donors (Lipinski definition) is 0. The lowest BCUT2D eigenvalue weighted by Crippen LogP contribution is -1.87. The van der Waals surface area contributed by atoms with E-state index in [0.717, 1.165) is 33.5 Å². The van der Waals surface area contributed by atoms with Crippen molar-refractivity contribution in [3.63, 3.8) is 0 Å². The maximum atomic E-state index is 14.1. The third-order valence-electron chi connectivity index (χ3n) is 4.23. The van der Waals surface area contributed by atoms with Crippen molar-refractivity contribution >= 4 is 34.7 Å². The first-order valence-electron chi connectivity index (χ1n) is 8.30. The summed E-state index contributed by atoms with van der Waals surface area (Å²) in [5.74, 6) is -0.191. The Morgan fingerprint density at radius 1 is 1.00 bits per heavy atom. The maximum Gasteiger partial charge on any atom is 0.131 e. The lowest BCUT2D eigenvalue weighted by atomic mass is 9.99. The number of nitrogens with zero attached hydrogens (tertiary/aromatic N) is 1. The highest BCUT2D eigenvalue weighted by atomic mass is 32.1. The first-order chi connectivity index (χ1) is 12.6. The van der Waals surface area contributed by atoms with E-state index in [-0.39, 0.29) is 5.82 Å². The van der Waals surface area contributed by atoms with Gasteiger partial charge in [-0.15, -0.1) is 0 Å². The van der Waals surface area contributed by atoms with Crippen molar-refractivity contribution in [2.45, 2.75) is 13.8 Å². The second-order valence-corrected chi connectivity index (χ2v) is 6.37. The molecule has 0 saturated heterocycles. The number of aliphatic imine (C=N–C) groups is 1. The van der Waals surface area contributed by atoms with Crippen LogP contribution in [-0.2, 0) is 0 Å². The van der Waals surface area contributed by atoms with E-state index >= 15 is 0 Å². The SMILES string of the molecule is CC(=Cc1ccc(N=C=S)cc1)c1ccc(-c2ccc(C)cc2F)cc1. The van der Waals surface area contributed by atoms with Crippen molar-refractivity contribution in [1.29, 1.82) is 0 Å². The normalized spacial score (nSPS) is 11.1. The van der Waals surface area contributed by atoms with Crippen LogP contribution >= 0.6 is 12.2 Å². The van der Waals surface area contributed by atoms with Crippen LogP contribution in [0.15, 0.2) is 71.7 Å². The predicted octanol–water partition coefficient (Wildman–Crippen LogP) is 7.10. The molecule has 0 spiro atoms. The molecule has 3 aromatic rings. The van der Waals surface area contributed by atoms with E-state index in [1.807, 2.05) is 67.6 Å². The van der Waals surface area contributed by atoms with E-state index in [4.69, 9.17) is 0 Å². The predicted molar refractivity (Wildman–Crippen MR) is 111 cm³/mol. The highest BCUT2D eigenvalue weighted by Crippen LogP contribution is 2.26. The largest absolute Gasteiger partial charge is 0.206 e. The molecule has 0 aliphatic rings. The number of thiocarbonyl (C=S) groups is 1. The first kappa shape index (κ1) is 17.9. The molecule has 0 heterocycles. The van der Waals surface area contributed by atoms with Crippen molar-refractivity contribution in [2.24, 2.45) is 4.99 Å². The maximum absolute atomic E-state index is 14.1. The van der Waals surface area contributed by atoms with Crippen LogP contribution < -0.4 is 0 Å². The molecule has 0 N–H and O–H groups in total. The molecule has 0 atom stereocenters. The number of rotatable bonds is 4. The Morgan fingerprint density at radius 2 is 1.69 bits per heavy atom. The Balaban J connectivity index is 1.84. The van der Waals surface area contributed by atoms with E-state index in [1.165, 1.54) is 0 Å². The van der Waals surface area contributed by atoms with Gasteiger partial charge in [-0.3, -0.25) is 0 Å². The molecule has 0 amide bonds. The van der Waals surface area contributed by atoms with Gasteiger partial charge in [0.2, 0.25) is 0 Å². The smallest absolute Gasteiger partial charge is 0.131 e. The highest BCUT2D eigenvalue weighted by Gasteiger charge is 2.05. The van der Waals surface area contributed by atoms with E-state index in [1.54, 1.807) is 6.07 Å². The summed E-state index contributed by atoms with van der Waals surface area (Å²) in [4.78, 5) is 3.95. The van der Waals surface area contributed by atoms with Gasteiger partial charge < -0.3 is 0 Å². The summed E-state index contributed by atoms with van der Waals surface area (Å²) in [6.07, 6.45) is 2.10. The summed E-state index contributed by atoms with van der Waals surface area (Å²) in [5.41, 5.74) is 6.52. The number of allylic oxidation sites excluding steroid dienone is 1. The molecule has 0 saturated carbocycles. The van der Waals surface area contributed by atoms with Crippen LogP contribution in [0.1, 0.15) is 23.6 Å². The minimum Gasteiger partial charge on any atom is -0.206 e. The summed E-state index contributed by atoms with van der Waals surface area (Å²) >= 11 is 4.61. The fraction of sp³-hybridized carbons (Fsp3) is 0.0870. The molecule has 26 heavy (non-hydrogen) atoms. The zero-order chi connectivity index (χ0) is 18.5. The Labute approximate surface area is 158 Å². The van der Waals surface area contributed by atoms with Crippen LogP contribution in [-0.4, -0.2) is 5.16 Å². The molecule has 128 valence electrons. The van der Waals surface area contributed by atoms with Gasteiger partial charge in [0.05, 0.1) is 10.8 Å². The molecule has 3 aromatic carbocycles. The molecule has 0 fully saturated rings. The van der Waals surface area contributed by atoms with Crippen LogP contribution in [0, 0.1) is 12.7 Å². The van der Waals surface area contributed by atoms with Gasteiger partial charge in [0, 0.05) is 5.56 Å². The van der Waals surface area contributed by atoms with Gasteiger partial charge in [-0.2, -0.15) is 4.99 Å².